The molecule has 2 aromatic rings. The van der Waals surface area contributed by atoms with Gasteiger partial charge in [0.1, 0.15) is 0 Å². The van der Waals surface area contributed by atoms with Crippen molar-refractivity contribution in [2.24, 2.45) is 0 Å². The summed E-state index contributed by atoms with van der Waals surface area (Å²) in [5.41, 5.74) is 0.705. The van der Waals surface area contributed by atoms with Crippen molar-refractivity contribution in [3.63, 3.8) is 0 Å². The molecule has 1 aromatic carbocycles. The molecular formula is C18H21N3O4. The van der Waals surface area contributed by atoms with E-state index in [0.717, 1.165) is 12.8 Å². The summed E-state index contributed by atoms with van der Waals surface area (Å²) < 4.78 is 6.95. The molecule has 1 aromatic heterocycles. The number of rotatable bonds is 5. The summed E-state index contributed by atoms with van der Waals surface area (Å²) in [7, 11) is 0. The Kier molecular flexibility index (Phi) is 5.14. The Morgan fingerprint density at radius 3 is 2.76 bits per heavy atom. The molecule has 1 aliphatic rings. The van der Waals surface area contributed by atoms with Gasteiger partial charge in [-0.3, -0.25) is 4.79 Å². The molecule has 0 radical (unpaired) electrons. The maximum Gasteiger partial charge on any atom is 0.354 e. The Hall–Kier alpha value is -2.67. The van der Waals surface area contributed by atoms with Crippen LogP contribution in [0, 0.1) is 0 Å². The smallest absolute Gasteiger partial charge is 0.354 e. The second kappa shape index (κ2) is 7.48. The average molecular weight is 343 g/mol. The molecule has 1 atom stereocenters. The third-order valence-electron chi connectivity index (χ3n) is 4.19. The number of para-hydroxylation sites is 1. The van der Waals surface area contributed by atoms with Gasteiger partial charge in [0.2, 0.25) is 0 Å². The van der Waals surface area contributed by atoms with Gasteiger partial charge in [-0.1, -0.05) is 31.5 Å². The zero-order valence-electron chi connectivity index (χ0n) is 14.1. The lowest BCUT2D eigenvalue weighted by atomic mass is 10.1. The van der Waals surface area contributed by atoms with E-state index < -0.39 is 5.97 Å². The fourth-order valence-electron chi connectivity index (χ4n) is 2.97. The van der Waals surface area contributed by atoms with Crippen molar-refractivity contribution in [1.29, 1.82) is 0 Å². The molecule has 0 bridgehead atoms. The van der Waals surface area contributed by atoms with Crippen molar-refractivity contribution in [3.8, 4) is 5.69 Å². The molecule has 1 aliphatic heterocycles. The number of amides is 1. The number of carbonyl (C=O) groups is 2. The van der Waals surface area contributed by atoms with E-state index in [-0.39, 0.29) is 23.4 Å². The SMILES string of the molecule is CCCC1CN(C(=O)c2cc(C(=O)O)n(-c3ccccc3)n2)CCO1. The molecular weight excluding hydrogens is 322 g/mol. The van der Waals surface area contributed by atoms with Crippen molar-refractivity contribution in [1.82, 2.24) is 14.7 Å². The van der Waals surface area contributed by atoms with Crippen molar-refractivity contribution >= 4 is 11.9 Å². The lowest BCUT2D eigenvalue weighted by molar-refractivity contribution is -0.0252. The lowest BCUT2D eigenvalue weighted by Gasteiger charge is -2.32. The van der Waals surface area contributed by atoms with Crippen molar-refractivity contribution in [2.45, 2.75) is 25.9 Å². The molecule has 1 unspecified atom stereocenters. The fraction of sp³-hybridized carbons (Fsp3) is 0.389. The quantitative estimate of drug-likeness (QED) is 0.900. The highest BCUT2D eigenvalue weighted by Crippen LogP contribution is 2.17. The number of aromatic carboxylic acids is 1. The van der Waals surface area contributed by atoms with E-state index in [1.165, 1.54) is 10.7 Å². The number of aromatic nitrogens is 2. The lowest BCUT2D eigenvalue weighted by Crippen LogP contribution is -2.45. The van der Waals surface area contributed by atoms with Gasteiger partial charge in [0.05, 0.1) is 18.4 Å². The number of hydrogen-bond donors (Lipinski definition) is 1. The summed E-state index contributed by atoms with van der Waals surface area (Å²) in [5, 5.41) is 13.7. The van der Waals surface area contributed by atoms with E-state index in [0.29, 0.717) is 25.4 Å². The number of hydrogen-bond acceptors (Lipinski definition) is 4. The number of carboxylic acid groups (broad SMARTS) is 1. The number of carboxylic acids is 1. The summed E-state index contributed by atoms with van der Waals surface area (Å²) >= 11 is 0. The molecule has 1 saturated heterocycles. The van der Waals surface area contributed by atoms with Crippen LogP contribution in [0.1, 0.15) is 40.7 Å². The van der Waals surface area contributed by atoms with Gasteiger partial charge in [0.15, 0.2) is 11.4 Å². The van der Waals surface area contributed by atoms with E-state index in [9.17, 15) is 14.7 Å². The average Bonchev–Trinajstić information content (AvgIpc) is 3.08. The topological polar surface area (TPSA) is 84.7 Å². The summed E-state index contributed by atoms with van der Waals surface area (Å²) in [6.07, 6.45) is 1.90. The van der Waals surface area contributed by atoms with Crippen LogP contribution in [0.4, 0.5) is 0 Å². The van der Waals surface area contributed by atoms with Crippen LogP contribution in [0.15, 0.2) is 36.4 Å². The fourth-order valence-corrected chi connectivity index (χ4v) is 2.97. The first-order valence-corrected chi connectivity index (χ1v) is 8.39. The third-order valence-corrected chi connectivity index (χ3v) is 4.19. The first-order valence-electron chi connectivity index (χ1n) is 8.39. The van der Waals surface area contributed by atoms with Gasteiger partial charge < -0.3 is 14.7 Å². The van der Waals surface area contributed by atoms with Crippen LogP contribution >= 0.6 is 0 Å². The molecule has 3 rings (SSSR count). The van der Waals surface area contributed by atoms with Crippen molar-refractivity contribution < 1.29 is 19.4 Å². The van der Waals surface area contributed by atoms with Gasteiger partial charge in [-0.05, 0) is 18.6 Å². The van der Waals surface area contributed by atoms with E-state index in [1.807, 2.05) is 6.07 Å². The monoisotopic (exact) mass is 343 g/mol. The molecule has 0 spiro atoms. The highest BCUT2D eigenvalue weighted by atomic mass is 16.5. The minimum atomic E-state index is -1.12. The number of benzene rings is 1. The van der Waals surface area contributed by atoms with Gasteiger partial charge in [-0.25, -0.2) is 9.48 Å². The Bertz CT molecular complexity index is 755. The van der Waals surface area contributed by atoms with Gasteiger partial charge in [-0.2, -0.15) is 5.10 Å². The molecule has 1 fully saturated rings. The Balaban J connectivity index is 1.87. The minimum absolute atomic E-state index is 0.0258. The maximum atomic E-state index is 12.8. The summed E-state index contributed by atoms with van der Waals surface area (Å²) in [4.78, 5) is 26.0. The molecule has 25 heavy (non-hydrogen) atoms. The van der Waals surface area contributed by atoms with Crippen molar-refractivity contribution in [3.05, 3.63) is 47.8 Å². The number of morpholine rings is 1. The van der Waals surface area contributed by atoms with Gasteiger partial charge in [-0.15, -0.1) is 0 Å². The van der Waals surface area contributed by atoms with E-state index in [2.05, 4.69) is 12.0 Å². The van der Waals surface area contributed by atoms with Crippen LogP contribution in [0.2, 0.25) is 0 Å². The number of carbonyl (C=O) groups excluding carboxylic acids is 1. The standard InChI is InChI=1S/C18H21N3O4/c1-2-6-14-12-20(9-10-25-14)17(22)15-11-16(18(23)24)21(19-15)13-7-4-3-5-8-13/h3-5,7-8,11,14H,2,6,9-10,12H2,1H3,(H,23,24). The maximum absolute atomic E-state index is 12.8. The van der Waals surface area contributed by atoms with Crippen molar-refractivity contribution in [2.75, 3.05) is 19.7 Å². The Morgan fingerprint density at radius 1 is 1.32 bits per heavy atom. The Morgan fingerprint density at radius 2 is 2.08 bits per heavy atom. The van der Waals surface area contributed by atoms with Gasteiger partial charge in [0, 0.05) is 19.2 Å². The molecule has 1 amide bonds. The van der Waals surface area contributed by atoms with Crippen LogP contribution in [-0.2, 0) is 4.74 Å². The zero-order chi connectivity index (χ0) is 17.8. The van der Waals surface area contributed by atoms with E-state index in [1.54, 1.807) is 29.2 Å². The number of nitrogens with zero attached hydrogens (tertiary/aromatic N) is 3. The normalized spacial score (nSPS) is 17.5. The highest BCUT2D eigenvalue weighted by molar-refractivity contribution is 5.96. The van der Waals surface area contributed by atoms with Crippen LogP contribution in [0.3, 0.4) is 0 Å². The minimum Gasteiger partial charge on any atom is -0.477 e. The molecule has 7 heteroatoms. The molecule has 0 aliphatic carbocycles. The second-order valence-corrected chi connectivity index (χ2v) is 6.00. The second-order valence-electron chi connectivity index (χ2n) is 6.00. The largest absolute Gasteiger partial charge is 0.477 e. The van der Waals surface area contributed by atoms with Crippen LogP contribution in [0.25, 0.3) is 5.69 Å². The van der Waals surface area contributed by atoms with Crippen LogP contribution in [0.5, 0.6) is 0 Å². The summed E-state index contributed by atoms with van der Waals surface area (Å²) in [6, 6.07) is 10.3. The molecule has 7 nitrogen and oxygen atoms in total. The summed E-state index contributed by atoms with van der Waals surface area (Å²) in [6.45, 7) is 3.55. The first kappa shape index (κ1) is 17.2. The predicted octanol–water partition coefficient (Wildman–Crippen LogP) is 2.21. The molecule has 132 valence electrons. The van der Waals surface area contributed by atoms with E-state index in [4.69, 9.17) is 4.74 Å². The number of ether oxygens (including phenoxy) is 1. The zero-order valence-corrected chi connectivity index (χ0v) is 14.1. The van der Waals surface area contributed by atoms with Gasteiger partial charge in [0.25, 0.3) is 5.91 Å². The van der Waals surface area contributed by atoms with Crippen LogP contribution < -0.4 is 0 Å². The Labute approximate surface area is 145 Å². The summed E-state index contributed by atoms with van der Waals surface area (Å²) in [5.74, 6) is -1.39. The van der Waals surface area contributed by atoms with E-state index >= 15 is 0 Å². The highest BCUT2D eigenvalue weighted by Gasteiger charge is 2.28. The first-order chi connectivity index (χ1) is 12.1. The van der Waals surface area contributed by atoms with Gasteiger partial charge >= 0.3 is 5.97 Å². The molecule has 1 N–H and O–H groups in total. The predicted molar refractivity (Wildman–Crippen MR) is 91.1 cm³/mol. The van der Waals surface area contributed by atoms with Crippen LogP contribution in [-0.4, -0.2) is 57.5 Å². The molecule has 2 heterocycles. The molecule has 0 saturated carbocycles. The third kappa shape index (κ3) is 3.71.